The molecule has 2 N–H and O–H groups in total. The lowest BCUT2D eigenvalue weighted by molar-refractivity contribution is -0.193. The van der Waals surface area contributed by atoms with Crippen LogP contribution in [0, 0.1) is 5.92 Å². The molecule has 4 heterocycles. The number of aromatic nitrogens is 1. The number of nitrogens with zero attached hydrogens (tertiary/aromatic N) is 3. The highest BCUT2D eigenvalue weighted by atomic mass is 19.4. The second-order valence-electron chi connectivity index (χ2n) is 9.93. The molecular formula is C25H33F6N3O7. The van der Waals surface area contributed by atoms with Crippen LogP contribution in [-0.2, 0) is 30.4 Å². The highest BCUT2D eigenvalue weighted by molar-refractivity contribution is 5.77. The zero-order valence-electron chi connectivity index (χ0n) is 22.1. The second kappa shape index (κ2) is 15.3. The first-order valence-corrected chi connectivity index (χ1v) is 12.8. The van der Waals surface area contributed by atoms with E-state index in [0.717, 1.165) is 71.4 Å². The van der Waals surface area contributed by atoms with Crippen LogP contribution in [0.25, 0.3) is 0 Å². The Hall–Kier alpha value is -2.98. The molecule has 16 heteroatoms. The fourth-order valence-electron chi connectivity index (χ4n) is 4.69. The minimum absolute atomic E-state index is 0.0430. The van der Waals surface area contributed by atoms with Gasteiger partial charge >= 0.3 is 24.3 Å². The maximum absolute atomic E-state index is 12.0. The van der Waals surface area contributed by atoms with Gasteiger partial charge in [-0.05, 0) is 55.7 Å². The number of hydrogen-bond donors (Lipinski definition) is 2. The molecule has 1 aromatic heterocycles. The van der Waals surface area contributed by atoms with Gasteiger partial charge in [0.15, 0.2) is 0 Å². The predicted octanol–water partition coefficient (Wildman–Crippen LogP) is 3.36. The lowest BCUT2D eigenvalue weighted by Gasteiger charge is -2.53. The Morgan fingerprint density at radius 2 is 1.54 bits per heavy atom. The smallest absolute Gasteiger partial charge is 0.475 e. The van der Waals surface area contributed by atoms with Crippen molar-refractivity contribution in [1.82, 2.24) is 14.8 Å². The summed E-state index contributed by atoms with van der Waals surface area (Å²) >= 11 is 0. The van der Waals surface area contributed by atoms with Crippen molar-refractivity contribution in [3.8, 4) is 0 Å². The van der Waals surface area contributed by atoms with Gasteiger partial charge in [0.1, 0.15) is 6.61 Å². The summed E-state index contributed by atoms with van der Waals surface area (Å²) in [5.74, 6) is -4.72. The number of carbonyl (C=O) groups is 3. The van der Waals surface area contributed by atoms with Crippen molar-refractivity contribution < 1.29 is 60.4 Å². The molecule has 0 aliphatic carbocycles. The summed E-state index contributed by atoms with van der Waals surface area (Å²) in [6.07, 6.45) is -0.942. The maximum Gasteiger partial charge on any atom is 0.490 e. The van der Waals surface area contributed by atoms with E-state index in [1.165, 1.54) is 5.56 Å². The summed E-state index contributed by atoms with van der Waals surface area (Å²) in [5, 5.41) is 14.2. The fraction of sp³-hybridized carbons (Fsp3) is 0.680. The third kappa shape index (κ3) is 12.2. The van der Waals surface area contributed by atoms with Gasteiger partial charge in [-0.25, -0.2) is 9.59 Å². The highest BCUT2D eigenvalue weighted by Gasteiger charge is 2.47. The van der Waals surface area contributed by atoms with Gasteiger partial charge in [-0.15, -0.1) is 0 Å². The number of carboxylic acids is 2. The zero-order valence-corrected chi connectivity index (χ0v) is 22.1. The summed E-state index contributed by atoms with van der Waals surface area (Å²) in [6.45, 7) is 6.58. The molecule has 0 radical (unpaired) electrons. The van der Waals surface area contributed by atoms with Gasteiger partial charge in [-0.3, -0.25) is 14.7 Å². The number of rotatable bonds is 7. The van der Waals surface area contributed by atoms with Gasteiger partial charge in [-0.1, -0.05) is 0 Å². The zero-order chi connectivity index (χ0) is 30.7. The van der Waals surface area contributed by atoms with Crippen LogP contribution in [0.4, 0.5) is 26.3 Å². The van der Waals surface area contributed by atoms with E-state index in [0.29, 0.717) is 12.5 Å². The number of amides is 1. The van der Waals surface area contributed by atoms with Crippen molar-refractivity contribution in [2.24, 2.45) is 5.92 Å². The Kier molecular flexibility index (Phi) is 12.8. The number of pyridine rings is 1. The van der Waals surface area contributed by atoms with E-state index in [1.807, 2.05) is 17.3 Å². The van der Waals surface area contributed by atoms with E-state index in [-0.39, 0.29) is 18.1 Å². The van der Waals surface area contributed by atoms with Gasteiger partial charge in [0.25, 0.3) is 0 Å². The molecule has 1 amide bonds. The normalized spacial score (nSPS) is 20.2. The van der Waals surface area contributed by atoms with Crippen LogP contribution in [0.5, 0.6) is 0 Å². The van der Waals surface area contributed by atoms with Crippen LogP contribution in [0.2, 0.25) is 0 Å². The van der Waals surface area contributed by atoms with Crippen molar-refractivity contribution in [1.29, 1.82) is 0 Å². The molecule has 10 nitrogen and oxygen atoms in total. The van der Waals surface area contributed by atoms with Gasteiger partial charge < -0.3 is 24.6 Å². The van der Waals surface area contributed by atoms with E-state index < -0.39 is 24.3 Å². The summed E-state index contributed by atoms with van der Waals surface area (Å²) in [4.78, 5) is 38.3. The monoisotopic (exact) mass is 601 g/mol. The molecule has 3 saturated heterocycles. The standard InChI is InChI=1S/C21H31N3O3.2C2HF3O2/c25-20(24-9-1-2-10-24)15-26-11-5-18-6-12-27-21(13-18)16-23(17-21)14-19-3-7-22-8-4-19;2*3-2(4,5)1(6)7/h3-4,7-8,18H,1-2,5-6,9-17H2;2*(H,6,7). The first kappa shape index (κ1) is 34.2. The average molecular weight is 602 g/mol. The van der Waals surface area contributed by atoms with Crippen LogP contribution in [0.15, 0.2) is 24.5 Å². The van der Waals surface area contributed by atoms with E-state index in [4.69, 9.17) is 29.3 Å². The molecule has 0 saturated carbocycles. The number of halogens is 6. The largest absolute Gasteiger partial charge is 0.490 e. The number of hydrogen-bond acceptors (Lipinski definition) is 7. The summed E-state index contributed by atoms with van der Waals surface area (Å²) in [6, 6.07) is 4.16. The van der Waals surface area contributed by atoms with E-state index in [1.54, 1.807) is 0 Å². The molecule has 4 rings (SSSR count). The summed E-state index contributed by atoms with van der Waals surface area (Å²) < 4.78 is 75.3. The molecule has 0 bridgehead atoms. The second-order valence-corrected chi connectivity index (χ2v) is 9.93. The molecule has 3 fully saturated rings. The molecule has 1 spiro atoms. The van der Waals surface area contributed by atoms with Crippen LogP contribution in [0.1, 0.15) is 37.7 Å². The lowest BCUT2D eigenvalue weighted by Crippen LogP contribution is -2.64. The number of aliphatic carboxylic acids is 2. The maximum atomic E-state index is 12.0. The molecular weight excluding hydrogens is 568 g/mol. The summed E-state index contributed by atoms with van der Waals surface area (Å²) in [7, 11) is 0. The fourth-order valence-corrected chi connectivity index (χ4v) is 4.69. The van der Waals surface area contributed by atoms with Crippen molar-refractivity contribution in [2.45, 2.75) is 56.6 Å². The van der Waals surface area contributed by atoms with Gasteiger partial charge in [-0.2, -0.15) is 26.3 Å². The number of likely N-dealkylation sites (tertiary alicyclic amines) is 2. The SMILES string of the molecule is O=C(COCCC1CCOC2(C1)CN(Cc1ccncc1)C2)N1CCCC1.O=C(O)C(F)(F)F.O=C(O)C(F)(F)F. The van der Waals surface area contributed by atoms with Gasteiger partial charge in [0.05, 0.1) is 5.60 Å². The Labute approximate surface area is 232 Å². The number of ether oxygens (including phenoxy) is 2. The van der Waals surface area contributed by atoms with Crippen LogP contribution in [-0.4, -0.2) is 107 Å². The third-order valence-electron chi connectivity index (χ3n) is 6.61. The Bertz CT molecular complexity index is 958. The number of carbonyl (C=O) groups excluding carboxylic acids is 1. The predicted molar refractivity (Wildman–Crippen MR) is 130 cm³/mol. The molecule has 3 aliphatic rings. The van der Waals surface area contributed by atoms with Gasteiger partial charge in [0, 0.05) is 58.3 Å². The minimum atomic E-state index is -5.08. The van der Waals surface area contributed by atoms with Crippen molar-refractivity contribution in [3.63, 3.8) is 0 Å². The average Bonchev–Trinajstić information content (AvgIpc) is 3.41. The van der Waals surface area contributed by atoms with E-state index in [9.17, 15) is 31.1 Å². The minimum Gasteiger partial charge on any atom is -0.475 e. The lowest BCUT2D eigenvalue weighted by atomic mass is 9.79. The first-order valence-electron chi connectivity index (χ1n) is 12.8. The number of carboxylic acid groups (broad SMARTS) is 2. The molecule has 3 aliphatic heterocycles. The van der Waals surface area contributed by atoms with Crippen molar-refractivity contribution in [2.75, 3.05) is 46.0 Å². The molecule has 1 atom stereocenters. The molecule has 41 heavy (non-hydrogen) atoms. The Balaban J connectivity index is 0.000000349. The van der Waals surface area contributed by atoms with Crippen LogP contribution < -0.4 is 0 Å². The van der Waals surface area contributed by atoms with Crippen molar-refractivity contribution >= 4 is 17.8 Å². The third-order valence-corrected chi connectivity index (χ3v) is 6.61. The highest BCUT2D eigenvalue weighted by Crippen LogP contribution is 2.38. The topological polar surface area (TPSA) is 130 Å². The quantitative estimate of drug-likeness (QED) is 0.357. The van der Waals surface area contributed by atoms with E-state index >= 15 is 0 Å². The number of alkyl halides is 6. The molecule has 232 valence electrons. The summed E-state index contributed by atoms with van der Waals surface area (Å²) in [5.41, 5.74) is 1.35. The molecule has 1 unspecified atom stereocenters. The van der Waals surface area contributed by atoms with Crippen molar-refractivity contribution in [3.05, 3.63) is 30.1 Å². The van der Waals surface area contributed by atoms with Gasteiger partial charge in [0.2, 0.25) is 5.91 Å². The molecule has 0 aromatic carbocycles. The molecule has 1 aromatic rings. The Morgan fingerprint density at radius 3 is 2.05 bits per heavy atom. The Morgan fingerprint density at radius 1 is 1.00 bits per heavy atom. The van der Waals surface area contributed by atoms with Crippen LogP contribution >= 0.6 is 0 Å². The van der Waals surface area contributed by atoms with E-state index in [2.05, 4.69) is 22.0 Å². The van der Waals surface area contributed by atoms with Crippen LogP contribution in [0.3, 0.4) is 0 Å². The first-order chi connectivity index (χ1) is 19.1.